The molecule has 9 nitrogen and oxygen atoms in total. The molecule has 1 fully saturated rings. The lowest BCUT2D eigenvalue weighted by Gasteiger charge is -2.11. The van der Waals surface area contributed by atoms with E-state index in [0.29, 0.717) is 10.7 Å². The van der Waals surface area contributed by atoms with Crippen LogP contribution in [-0.4, -0.2) is 42.3 Å². The molecule has 2 amide bonds. The summed E-state index contributed by atoms with van der Waals surface area (Å²) in [6.07, 6.45) is 2.73. The van der Waals surface area contributed by atoms with Gasteiger partial charge in [0.1, 0.15) is 10.7 Å². The molecule has 1 aromatic carbocycles. The molecule has 0 spiro atoms. The molecule has 0 unspecified atom stereocenters. The lowest BCUT2D eigenvalue weighted by Crippen LogP contribution is -2.35. The van der Waals surface area contributed by atoms with E-state index in [9.17, 15) is 13.2 Å². The van der Waals surface area contributed by atoms with E-state index in [-0.39, 0.29) is 22.8 Å². The van der Waals surface area contributed by atoms with Gasteiger partial charge in [0.25, 0.3) is 10.0 Å². The summed E-state index contributed by atoms with van der Waals surface area (Å²) in [6, 6.07) is 4.19. The van der Waals surface area contributed by atoms with Crippen LogP contribution in [0, 0.1) is 0 Å². The summed E-state index contributed by atoms with van der Waals surface area (Å²) in [5.41, 5.74) is 0.972. The van der Waals surface area contributed by atoms with Gasteiger partial charge in [-0.05, 0) is 30.9 Å². The standard InChI is InChI=1S/C16H17N5O4S2/c1-25-16-18-13(10-5-6-10)17-14(20-16)19-15(22)21-27(23,24)11-4-2-3-9-7-8-26-12(9)11/h2-4,10H,5-8H2,1H3,(H2,17,18,19,20,21,22). The molecule has 142 valence electrons. The van der Waals surface area contributed by atoms with Crippen LogP contribution in [0.5, 0.6) is 6.01 Å². The van der Waals surface area contributed by atoms with E-state index < -0.39 is 16.1 Å². The Morgan fingerprint density at radius 1 is 1.26 bits per heavy atom. The van der Waals surface area contributed by atoms with Crippen molar-refractivity contribution in [2.24, 2.45) is 0 Å². The lowest BCUT2D eigenvalue weighted by molar-refractivity contribution is 0.256. The van der Waals surface area contributed by atoms with Gasteiger partial charge in [-0.2, -0.15) is 15.0 Å². The van der Waals surface area contributed by atoms with Crippen LogP contribution in [0.3, 0.4) is 0 Å². The molecule has 1 aliphatic carbocycles. The van der Waals surface area contributed by atoms with Crippen LogP contribution < -0.4 is 14.8 Å². The van der Waals surface area contributed by atoms with Gasteiger partial charge in [0.2, 0.25) is 5.95 Å². The molecule has 2 N–H and O–H groups in total. The van der Waals surface area contributed by atoms with E-state index in [4.69, 9.17) is 4.74 Å². The molecule has 0 radical (unpaired) electrons. The minimum absolute atomic E-state index is 0.0517. The Bertz CT molecular complexity index is 1010. The first-order valence-electron chi connectivity index (χ1n) is 8.35. The van der Waals surface area contributed by atoms with Crippen LogP contribution in [0.1, 0.15) is 30.1 Å². The number of fused-ring (bicyclic) bond motifs is 1. The van der Waals surface area contributed by atoms with Gasteiger partial charge in [-0.1, -0.05) is 12.1 Å². The van der Waals surface area contributed by atoms with Gasteiger partial charge in [-0.15, -0.1) is 11.8 Å². The Balaban J connectivity index is 1.53. The second-order valence-electron chi connectivity index (χ2n) is 6.18. The van der Waals surface area contributed by atoms with Crippen molar-refractivity contribution < 1.29 is 17.9 Å². The first-order chi connectivity index (χ1) is 13.0. The number of carbonyl (C=O) groups excluding carboxylic acids is 1. The number of aryl methyl sites for hydroxylation is 1. The highest BCUT2D eigenvalue weighted by Gasteiger charge is 2.29. The third-order valence-corrected chi connectivity index (χ3v) is 6.86. The van der Waals surface area contributed by atoms with Crippen molar-refractivity contribution in [2.45, 2.75) is 35.0 Å². The fraction of sp³-hybridized carbons (Fsp3) is 0.375. The number of nitrogens with one attached hydrogen (secondary N) is 2. The van der Waals surface area contributed by atoms with Gasteiger partial charge < -0.3 is 4.74 Å². The molecule has 0 atom stereocenters. The van der Waals surface area contributed by atoms with Crippen molar-refractivity contribution >= 4 is 33.8 Å². The van der Waals surface area contributed by atoms with Crippen LogP contribution in [0.2, 0.25) is 0 Å². The fourth-order valence-electron chi connectivity index (χ4n) is 2.74. The highest BCUT2D eigenvalue weighted by atomic mass is 32.2. The molecular formula is C16H17N5O4S2. The molecule has 2 aromatic rings. The Morgan fingerprint density at radius 2 is 2.07 bits per heavy atom. The topological polar surface area (TPSA) is 123 Å². The van der Waals surface area contributed by atoms with E-state index in [1.807, 2.05) is 10.8 Å². The molecule has 0 bridgehead atoms. The minimum Gasteiger partial charge on any atom is -0.467 e. The predicted octanol–water partition coefficient (Wildman–Crippen LogP) is 1.92. The minimum atomic E-state index is -4.02. The molecule has 1 aliphatic heterocycles. The number of sulfonamides is 1. The molecule has 2 heterocycles. The number of nitrogens with zero attached hydrogens (tertiary/aromatic N) is 3. The maximum Gasteiger partial charge on any atom is 0.335 e. The largest absolute Gasteiger partial charge is 0.467 e. The average molecular weight is 407 g/mol. The summed E-state index contributed by atoms with van der Waals surface area (Å²) < 4.78 is 32.3. The quantitative estimate of drug-likeness (QED) is 0.770. The van der Waals surface area contributed by atoms with E-state index in [2.05, 4.69) is 20.3 Å². The molecule has 1 aromatic heterocycles. The van der Waals surface area contributed by atoms with Crippen LogP contribution in [0.4, 0.5) is 10.7 Å². The second-order valence-corrected chi connectivity index (χ2v) is 8.94. The Labute approximate surface area is 160 Å². The number of ether oxygens (including phenoxy) is 1. The third-order valence-electron chi connectivity index (χ3n) is 4.18. The summed E-state index contributed by atoms with van der Waals surface area (Å²) in [6.45, 7) is 0. The van der Waals surface area contributed by atoms with Gasteiger partial charge in [-0.3, -0.25) is 5.32 Å². The first-order valence-corrected chi connectivity index (χ1v) is 10.8. The molecule has 27 heavy (non-hydrogen) atoms. The van der Waals surface area contributed by atoms with Crippen LogP contribution >= 0.6 is 11.8 Å². The number of amides is 2. The van der Waals surface area contributed by atoms with Gasteiger partial charge in [-0.25, -0.2) is 17.9 Å². The Hall–Kier alpha value is -2.40. The third kappa shape index (κ3) is 3.83. The average Bonchev–Trinajstić information content (AvgIpc) is 3.37. The number of rotatable bonds is 5. The molecular weight excluding hydrogens is 390 g/mol. The van der Waals surface area contributed by atoms with E-state index in [1.165, 1.54) is 24.9 Å². The summed E-state index contributed by atoms with van der Waals surface area (Å²) in [5.74, 6) is 1.52. The summed E-state index contributed by atoms with van der Waals surface area (Å²) in [7, 11) is -2.61. The number of methoxy groups -OCH3 is 1. The van der Waals surface area contributed by atoms with Crippen molar-refractivity contribution in [2.75, 3.05) is 18.2 Å². The van der Waals surface area contributed by atoms with E-state index in [0.717, 1.165) is 30.6 Å². The molecule has 4 rings (SSSR count). The van der Waals surface area contributed by atoms with E-state index in [1.54, 1.807) is 6.07 Å². The fourth-order valence-corrected chi connectivity index (χ4v) is 5.38. The van der Waals surface area contributed by atoms with Gasteiger partial charge >= 0.3 is 12.0 Å². The number of carbonyl (C=O) groups is 1. The van der Waals surface area contributed by atoms with Crippen molar-refractivity contribution in [3.63, 3.8) is 0 Å². The van der Waals surface area contributed by atoms with Crippen molar-refractivity contribution in [3.05, 3.63) is 29.6 Å². The predicted molar refractivity (Wildman–Crippen MR) is 98.6 cm³/mol. The lowest BCUT2D eigenvalue weighted by atomic mass is 10.2. The highest BCUT2D eigenvalue weighted by molar-refractivity contribution is 8.00. The van der Waals surface area contributed by atoms with Crippen molar-refractivity contribution in [3.8, 4) is 6.01 Å². The monoisotopic (exact) mass is 407 g/mol. The molecule has 0 saturated heterocycles. The van der Waals surface area contributed by atoms with E-state index >= 15 is 0 Å². The number of hydrogen-bond acceptors (Lipinski definition) is 8. The number of anilines is 1. The SMILES string of the molecule is COc1nc(NC(=O)NS(=O)(=O)c2cccc3c2SCC3)nc(C2CC2)n1. The van der Waals surface area contributed by atoms with Gasteiger partial charge in [0.15, 0.2) is 0 Å². The molecule has 11 heteroatoms. The van der Waals surface area contributed by atoms with Crippen molar-refractivity contribution in [1.29, 1.82) is 0 Å². The number of benzene rings is 1. The summed E-state index contributed by atoms with van der Waals surface area (Å²) in [4.78, 5) is 25.3. The Kier molecular flexibility index (Phi) is 4.64. The number of urea groups is 1. The maximum absolute atomic E-state index is 12.6. The Morgan fingerprint density at radius 3 is 2.81 bits per heavy atom. The van der Waals surface area contributed by atoms with Crippen molar-refractivity contribution in [1.82, 2.24) is 19.7 Å². The van der Waals surface area contributed by atoms with Gasteiger partial charge in [0.05, 0.1) is 7.11 Å². The first kappa shape index (κ1) is 18.0. The zero-order chi connectivity index (χ0) is 19.0. The molecule has 2 aliphatic rings. The maximum atomic E-state index is 12.6. The van der Waals surface area contributed by atoms with Crippen LogP contribution in [0.25, 0.3) is 0 Å². The molecule has 1 saturated carbocycles. The zero-order valence-corrected chi connectivity index (χ0v) is 16.1. The number of aromatic nitrogens is 3. The number of hydrogen-bond donors (Lipinski definition) is 2. The summed E-state index contributed by atoms with van der Waals surface area (Å²) in [5, 5.41) is 2.36. The smallest absolute Gasteiger partial charge is 0.335 e. The van der Waals surface area contributed by atoms with Crippen LogP contribution in [0.15, 0.2) is 28.0 Å². The number of thioether (sulfide) groups is 1. The van der Waals surface area contributed by atoms with Crippen LogP contribution in [-0.2, 0) is 16.4 Å². The second kappa shape index (κ2) is 6.97. The normalized spacial score (nSPS) is 15.9. The zero-order valence-electron chi connectivity index (χ0n) is 14.4. The summed E-state index contributed by atoms with van der Waals surface area (Å²) >= 11 is 1.47. The highest BCUT2D eigenvalue weighted by Crippen LogP contribution is 2.38. The van der Waals surface area contributed by atoms with Gasteiger partial charge in [0, 0.05) is 16.6 Å².